The fourth-order valence-corrected chi connectivity index (χ4v) is 2.27. The predicted octanol–water partition coefficient (Wildman–Crippen LogP) is 3.18. The molecule has 0 saturated heterocycles. The van der Waals surface area contributed by atoms with Crippen LogP contribution in [0.2, 0.25) is 0 Å². The Hall–Kier alpha value is -0.890. The monoisotopic (exact) mass is 232 g/mol. The molecule has 0 radical (unpaired) electrons. The van der Waals surface area contributed by atoms with E-state index in [0.717, 1.165) is 18.9 Å². The van der Waals surface area contributed by atoms with Gasteiger partial charge in [-0.3, -0.25) is 4.98 Å². The Kier molecular flexibility index (Phi) is 4.99. The van der Waals surface area contributed by atoms with Crippen molar-refractivity contribution in [1.29, 1.82) is 0 Å². The summed E-state index contributed by atoms with van der Waals surface area (Å²) in [6.45, 7) is 3.37. The van der Waals surface area contributed by atoms with Crippen LogP contribution < -0.4 is 5.32 Å². The molecule has 2 nitrogen and oxygen atoms in total. The first-order chi connectivity index (χ1) is 8.38. The first kappa shape index (κ1) is 12.6. The molecule has 1 fully saturated rings. The third kappa shape index (κ3) is 4.86. The van der Waals surface area contributed by atoms with Gasteiger partial charge in [0.25, 0.3) is 0 Å². The highest BCUT2D eigenvalue weighted by Crippen LogP contribution is 2.34. The van der Waals surface area contributed by atoms with E-state index in [4.69, 9.17) is 0 Å². The molecule has 1 N–H and O–H groups in total. The smallest absolute Gasteiger partial charge is 0.0300 e. The van der Waals surface area contributed by atoms with E-state index in [9.17, 15) is 0 Å². The molecule has 1 heterocycles. The van der Waals surface area contributed by atoms with Gasteiger partial charge < -0.3 is 5.32 Å². The second-order valence-corrected chi connectivity index (χ2v) is 5.24. The molecule has 1 aromatic heterocycles. The summed E-state index contributed by atoms with van der Waals surface area (Å²) < 4.78 is 0. The van der Waals surface area contributed by atoms with Gasteiger partial charge in [-0.2, -0.15) is 0 Å². The van der Waals surface area contributed by atoms with E-state index >= 15 is 0 Å². The minimum Gasteiger partial charge on any atom is -0.314 e. The molecular weight excluding hydrogens is 208 g/mol. The fraction of sp³-hybridized carbons (Fsp3) is 0.667. The van der Waals surface area contributed by atoms with E-state index in [1.54, 1.807) is 0 Å². The standard InChI is InChI=1S/C15H24N2/c1-2-9-17-15(8-7-13-5-6-13)11-14-4-3-10-16-12-14/h3-4,10,12-13,15,17H,2,5-9,11H2,1H3. The molecule has 0 aromatic carbocycles. The predicted molar refractivity (Wildman–Crippen MR) is 72.0 cm³/mol. The lowest BCUT2D eigenvalue weighted by Crippen LogP contribution is -2.32. The molecule has 0 aliphatic heterocycles. The number of aromatic nitrogens is 1. The van der Waals surface area contributed by atoms with Crippen molar-refractivity contribution in [2.75, 3.05) is 6.54 Å². The summed E-state index contributed by atoms with van der Waals surface area (Å²) in [5.41, 5.74) is 1.36. The molecule has 1 saturated carbocycles. The van der Waals surface area contributed by atoms with Crippen LogP contribution in [0, 0.1) is 5.92 Å². The van der Waals surface area contributed by atoms with Crippen molar-refractivity contribution < 1.29 is 0 Å². The Morgan fingerprint density at radius 1 is 1.47 bits per heavy atom. The first-order valence-corrected chi connectivity index (χ1v) is 7.00. The van der Waals surface area contributed by atoms with Gasteiger partial charge in [-0.15, -0.1) is 0 Å². The van der Waals surface area contributed by atoms with Gasteiger partial charge in [0.15, 0.2) is 0 Å². The van der Waals surface area contributed by atoms with Gasteiger partial charge in [-0.05, 0) is 49.8 Å². The molecular formula is C15H24N2. The molecule has 94 valence electrons. The number of rotatable bonds is 8. The SMILES string of the molecule is CCCNC(CCC1CC1)Cc1cccnc1. The van der Waals surface area contributed by atoms with Crippen LogP contribution in [0.15, 0.2) is 24.5 Å². The lowest BCUT2D eigenvalue weighted by atomic mass is 10.0. The largest absolute Gasteiger partial charge is 0.314 e. The Morgan fingerprint density at radius 2 is 2.35 bits per heavy atom. The maximum Gasteiger partial charge on any atom is 0.0300 e. The number of hydrogen-bond donors (Lipinski definition) is 1. The number of nitrogens with zero attached hydrogens (tertiary/aromatic N) is 1. The third-order valence-corrected chi connectivity index (χ3v) is 3.51. The Bertz CT molecular complexity index is 306. The van der Waals surface area contributed by atoms with E-state index in [1.165, 1.54) is 37.7 Å². The zero-order chi connectivity index (χ0) is 11.9. The summed E-state index contributed by atoms with van der Waals surface area (Å²) >= 11 is 0. The van der Waals surface area contributed by atoms with Crippen LogP contribution in [-0.4, -0.2) is 17.6 Å². The summed E-state index contributed by atoms with van der Waals surface area (Å²) in [7, 11) is 0. The maximum absolute atomic E-state index is 4.20. The minimum absolute atomic E-state index is 0.639. The van der Waals surface area contributed by atoms with Gasteiger partial charge in [-0.1, -0.05) is 25.8 Å². The minimum atomic E-state index is 0.639. The summed E-state index contributed by atoms with van der Waals surface area (Å²) in [5.74, 6) is 1.04. The maximum atomic E-state index is 4.20. The molecule has 0 spiro atoms. The average molecular weight is 232 g/mol. The van der Waals surface area contributed by atoms with Crippen molar-refractivity contribution in [3.05, 3.63) is 30.1 Å². The zero-order valence-electron chi connectivity index (χ0n) is 10.9. The molecule has 1 aliphatic carbocycles. The molecule has 2 rings (SSSR count). The third-order valence-electron chi connectivity index (χ3n) is 3.51. The van der Waals surface area contributed by atoms with Gasteiger partial charge >= 0.3 is 0 Å². The van der Waals surface area contributed by atoms with E-state index < -0.39 is 0 Å². The lowest BCUT2D eigenvalue weighted by Gasteiger charge is -2.18. The summed E-state index contributed by atoms with van der Waals surface area (Å²) in [4.78, 5) is 4.20. The Labute approximate surface area is 105 Å². The van der Waals surface area contributed by atoms with Crippen molar-refractivity contribution in [2.45, 2.75) is 51.5 Å². The van der Waals surface area contributed by atoms with Gasteiger partial charge in [0.1, 0.15) is 0 Å². The number of hydrogen-bond acceptors (Lipinski definition) is 2. The highest BCUT2D eigenvalue weighted by atomic mass is 14.9. The zero-order valence-corrected chi connectivity index (χ0v) is 10.9. The highest BCUT2D eigenvalue weighted by molar-refractivity contribution is 5.10. The number of nitrogens with one attached hydrogen (secondary N) is 1. The normalized spacial score (nSPS) is 17.0. The molecule has 0 bridgehead atoms. The molecule has 1 aromatic rings. The summed E-state index contributed by atoms with van der Waals surface area (Å²) in [5, 5.41) is 3.67. The van der Waals surface area contributed by atoms with Crippen LogP contribution in [0.3, 0.4) is 0 Å². The average Bonchev–Trinajstić information content (AvgIpc) is 3.18. The van der Waals surface area contributed by atoms with Crippen LogP contribution in [0.5, 0.6) is 0 Å². The van der Waals surface area contributed by atoms with E-state index in [0.29, 0.717) is 6.04 Å². The molecule has 1 atom stereocenters. The Morgan fingerprint density at radius 3 is 3.00 bits per heavy atom. The second kappa shape index (κ2) is 6.75. The van der Waals surface area contributed by atoms with Gasteiger partial charge in [-0.25, -0.2) is 0 Å². The fourth-order valence-electron chi connectivity index (χ4n) is 2.27. The summed E-state index contributed by atoms with van der Waals surface area (Å²) in [6, 6.07) is 4.86. The van der Waals surface area contributed by atoms with Crippen molar-refractivity contribution in [2.24, 2.45) is 5.92 Å². The second-order valence-electron chi connectivity index (χ2n) is 5.24. The van der Waals surface area contributed by atoms with Crippen molar-refractivity contribution in [3.8, 4) is 0 Å². The van der Waals surface area contributed by atoms with E-state index in [2.05, 4.69) is 23.3 Å². The van der Waals surface area contributed by atoms with Gasteiger partial charge in [0.2, 0.25) is 0 Å². The van der Waals surface area contributed by atoms with E-state index in [-0.39, 0.29) is 0 Å². The van der Waals surface area contributed by atoms with Crippen LogP contribution in [0.1, 0.15) is 44.6 Å². The quantitative estimate of drug-likeness (QED) is 0.744. The summed E-state index contributed by atoms with van der Waals surface area (Å²) in [6.07, 6.45) is 11.8. The molecule has 2 heteroatoms. The highest BCUT2D eigenvalue weighted by Gasteiger charge is 2.22. The number of pyridine rings is 1. The van der Waals surface area contributed by atoms with Crippen molar-refractivity contribution >= 4 is 0 Å². The van der Waals surface area contributed by atoms with E-state index in [1.807, 2.05) is 18.5 Å². The molecule has 0 amide bonds. The Balaban J connectivity index is 1.80. The molecule has 1 aliphatic rings. The lowest BCUT2D eigenvalue weighted by molar-refractivity contribution is 0.452. The first-order valence-electron chi connectivity index (χ1n) is 7.00. The van der Waals surface area contributed by atoms with Crippen LogP contribution in [0.25, 0.3) is 0 Å². The topological polar surface area (TPSA) is 24.9 Å². The molecule has 17 heavy (non-hydrogen) atoms. The van der Waals surface area contributed by atoms with Crippen LogP contribution in [-0.2, 0) is 6.42 Å². The van der Waals surface area contributed by atoms with Crippen LogP contribution >= 0.6 is 0 Å². The van der Waals surface area contributed by atoms with Gasteiger partial charge in [0.05, 0.1) is 0 Å². The van der Waals surface area contributed by atoms with Crippen molar-refractivity contribution in [3.63, 3.8) is 0 Å². The van der Waals surface area contributed by atoms with Crippen LogP contribution in [0.4, 0.5) is 0 Å². The van der Waals surface area contributed by atoms with Gasteiger partial charge in [0, 0.05) is 18.4 Å². The molecule has 1 unspecified atom stereocenters. The van der Waals surface area contributed by atoms with Crippen molar-refractivity contribution in [1.82, 2.24) is 10.3 Å².